The number of amides is 2. The summed E-state index contributed by atoms with van der Waals surface area (Å²) in [4.78, 5) is 13.3. The van der Waals surface area contributed by atoms with E-state index in [1.54, 1.807) is 31.1 Å². The molecule has 0 aromatic heterocycles. The van der Waals surface area contributed by atoms with Gasteiger partial charge >= 0.3 is 6.03 Å². The lowest BCUT2D eigenvalue weighted by atomic mass is 9.79. The molecule has 0 spiro atoms. The van der Waals surface area contributed by atoms with Gasteiger partial charge in [-0.1, -0.05) is 12.1 Å². The quantitative estimate of drug-likeness (QED) is 0.680. The van der Waals surface area contributed by atoms with E-state index in [2.05, 4.69) is 24.5 Å². The van der Waals surface area contributed by atoms with Crippen LogP contribution in [0.15, 0.2) is 24.3 Å². The van der Waals surface area contributed by atoms with Gasteiger partial charge in [0.15, 0.2) is 0 Å². The molecule has 1 aliphatic rings. The van der Waals surface area contributed by atoms with Crippen molar-refractivity contribution in [1.82, 2.24) is 15.5 Å². The summed E-state index contributed by atoms with van der Waals surface area (Å²) < 4.78 is 13.3. The number of aliphatic hydroxyl groups excluding tert-OH is 1. The van der Waals surface area contributed by atoms with Crippen LogP contribution in [-0.2, 0) is 0 Å². The van der Waals surface area contributed by atoms with Crippen molar-refractivity contribution >= 4 is 6.03 Å². The maximum atomic E-state index is 13.3. The van der Waals surface area contributed by atoms with Crippen molar-refractivity contribution in [2.45, 2.75) is 63.6 Å². The van der Waals surface area contributed by atoms with E-state index in [1.165, 1.54) is 12.1 Å². The zero-order chi connectivity index (χ0) is 20.0. The van der Waals surface area contributed by atoms with Crippen LogP contribution in [0.1, 0.15) is 57.6 Å². The number of hydrogen-bond donors (Lipinski definition) is 3. The minimum absolute atomic E-state index is 0.0215. The standard InChI is InChI=1S/C21H34FN3O2/c1-21(2,23-14-19(26)16-6-5-7-17(22)12-16)13-15-8-10-18(11-9-15)24-20(27)25(3)4/h5-7,12,15,18-19,23,26H,8-11,13-14H2,1-4H3,(H,24,27)/t15?,18?,19-/m0/s1. The van der Waals surface area contributed by atoms with Crippen molar-refractivity contribution in [1.29, 1.82) is 0 Å². The minimum Gasteiger partial charge on any atom is -0.387 e. The van der Waals surface area contributed by atoms with Gasteiger partial charge in [-0.3, -0.25) is 0 Å². The topological polar surface area (TPSA) is 64.6 Å². The maximum absolute atomic E-state index is 13.3. The monoisotopic (exact) mass is 379 g/mol. The van der Waals surface area contributed by atoms with Crippen molar-refractivity contribution in [3.05, 3.63) is 35.6 Å². The first kappa shape index (κ1) is 21.6. The number of nitrogens with zero attached hydrogens (tertiary/aromatic N) is 1. The third-order valence-corrected chi connectivity index (χ3v) is 5.39. The van der Waals surface area contributed by atoms with Crippen LogP contribution in [0.2, 0.25) is 0 Å². The number of carbonyl (C=O) groups is 1. The van der Waals surface area contributed by atoms with E-state index in [9.17, 15) is 14.3 Å². The Hall–Kier alpha value is -1.66. The summed E-state index contributed by atoms with van der Waals surface area (Å²) in [6, 6.07) is 6.36. The number of urea groups is 1. The highest BCUT2D eigenvalue weighted by Gasteiger charge is 2.28. The first-order chi connectivity index (χ1) is 12.7. The molecule has 1 fully saturated rings. The van der Waals surface area contributed by atoms with Crippen LogP contribution in [0, 0.1) is 11.7 Å². The van der Waals surface area contributed by atoms with Gasteiger partial charge in [0, 0.05) is 32.2 Å². The van der Waals surface area contributed by atoms with Crippen LogP contribution < -0.4 is 10.6 Å². The molecule has 2 amide bonds. The third-order valence-electron chi connectivity index (χ3n) is 5.39. The first-order valence-electron chi connectivity index (χ1n) is 9.82. The Morgan fingerprint density at radius 1 is 1.30 bits per heavy atom. The van der Waals surface area contributed by atoms with Crippen molar-refractivity contribution in [3.63, 3.8) is 0 Å². The summed E-state index contributed by atoms with van der Waals surface area (Å²) >= 11 is 0. The molecule has 1 atom stereocenters. The Labute approximate surface area is 162 Å². The maximum Gasteiger partial charge on any atom is 0.317 e. The van der Waals surface area contributed by atoms with Gasteiger partial charge in [0.05, 0.1) is 6.10 Å². The van der Waals surface area contributed by atoms with Crippen molar-refractivity contribution < 1.29 is 14.3 Å². The molecule has 0 bridgehead atoms. The molecule has 2 rings (SSSR count). The lowest BCUT2D eigenvalue weighted by Crippen LogP contribution is -2.45. The molecule has 1 aromatic carbocycles. The highest BCUT2D eigenvalue weighted by Crippen LogP contribution is 2.31. The molecule has 3 N–H and O–H groups in total. The number of benzene rings is 1. The zero-order valence-corrected chi connectivity index (χ0v) is 17.0. The molecule has 0 radical (unpaired) electrons. The number of halogens is 1. The lowest BCUT2D eigenvalue weighted by molar-refractivity contribution is 0.148. The zero-order valence-electron chi connectivity index (χ0n) is 17.0. The number of nitrogens with one attached hydrogen (secondary N) is 2. The summed E-state index contributed by atoms with van der Waals surface area (Å²) in [5, 5.41) is 16.8. The second-order valence-corrected chi connectivity index (χ2v) is 8.60. The van der Waals surface area contributed by atoms with Crippen molar-refractivity contribution in [2.24, 2.45) is 5.92 Å². The third kappa shape index (κ3) is 7.11. The Balaban J connectivity index is 1.75. The van der Waals surface area contributed by atoms with Gasteiger partial charge in [0.25, 0.3) is 0 Å². The fourth-order valence-electron chi connectivity index (χ4n) is 3.81. The second kappa shape index (κ2) is 9.51. The molecule has 27 heavy (non-hydrogen) atoms. The summed E-state index contributed by atoms with van der Waals surface area (Å²) in [7, 11) is 3.51. The molecule has 6 heteroatoms. The first-order valence-corrected chi connectivity index (χ1v) is 9.82. The van der Waals surface area contributed by atoms with Gasteiger partial charge in [-0.15, -0.1) is 0 Å². The van der Waals surface area contributed by atoms with Crippen LogP contribution in [0.25, 0.3) is 0 Å². The molecule has 0 heterocycles. The van der Waals surface area contributed by atoms with Crippen LogP contribution >= 0.6 is 0 Å². The number of rotatable bonds is 7. The van der Waals surface area contributed by atoms with Crippen LogP contribution in [0.4, 0.5) is 9.18 Å². The van der Waals surface area contributed by atoms with Gasteiger partial charge in [-0.05, 0) is 69.6 Å². The fourth-order valence-corrected chi connectivity index (χ4v) is 3.81. The predicted octanol–water partition coefficient (Wildman–Crippen LogP) is 3.45. The molecule has 1 aliphatic carbocycles. The van der Waals surface area contributed by atoms with Crippen LogP contribution in [-0.4, -0.2) is 48.3 Å². The fraction of sp³-hybridized carbons (Fsp3) is 0.667. The molecule has 1 saturated carbocycles. The normalized spacial score (nSPS) is 21.6. The number of β-amino-alcohol motifs (C(OH)–C–C–N with tert-alkyl or cyclic N) is 1. The van der Waals surface area contributed by atoms with E-state index in [1.807, 2.05) is 0 Å². The van der Waals surface area contributed by atoms with E-state index in [-0.39, 0.29) is 23.4 Å². The minimum atomic E-state index is -0.725. The van der Waals surface area contributed by atoms with E-state index in [0.29, 0.717) is 18.0 Å². The Morgan fingerprint density at radius 2 is 1.96 bits per heavy atom. The molecular formula is C21H34FN3O2. The van der Waals surface area contributed by atoms with E-state index >= 15 is 0 Å². The SMILES string of the molecule is CN(C)C(=O)NC1CCC(CC(C)(C)NC[C@H](O)c2cccc(F)c2)CC1. The molecular weight excluding hydrogens is 345 g/mol. The second-order valence-electron chi connectivity index (χ2n) is 8.60. The predicted molar refractivity (Wildman–Crippen MR) is 106 cm³/mol. The lowest BCUT2D eigenvalue weighted by Gasteiger charge is -2.36. The molecule has 0 saturated heterocycles. The van der Waals surface area contributed by atoms with Gasteiger partial charge in [0.1, 0.15) is 5.82 Å². The number of carbonyl (C=O) groups excluding carboxylic acids is 1. The summed E-state index contributed by atoms with van der Waals surface area (Å²) in [6.45, 7) is 4.68. The number of hydrogen-bond acceptors (Lipinski definition) is 3. The smallest absolute Gasteiger partial charge is 0.317 e. The van der Waals surface area contributed by atoms with Crippen LogP contribution in [0.3, 0.4) is 0 Å². The highest BCUT2D eigenvalue weighted by atomic mass is 19.1. The summed E-state index contributed by atoms with van der Waals surface area (Å²) in [5.41, 5.74) is 0.481. The van der Waals surface area contributed by atoms with Gasteiger partial charge in [0.2, 0.25) is 0 Å². The largest absolute Gasteiger partial charge is 0.387 e. The van der Waals surface area contributed by atoms with Crippen molar-refractivity contribution in [3.8, 4) is 0 Å². The molecule has 1 aromatic rings. The molecule has 5 nitrogen and oxygen atoms in total. The summed E-state index contributed by atoms with van der Waals surface area (Å²) in [6.07, 6.45) is 4.48. The Morgan fingerprint density at radius 3 is 2.56 bits per heavy atom. The van der Waals surface area contributed by atoms with Gasteiger partial charge in [-0.25, -0.2) is 9.18 Å². The van der Waals surface area contributed by atoms with Crippen LogP contribution in [0.5, 0.6) is 0 Å². The van der Waals surface area contributed by atoms with Gasteiger partial charge in [-0.2, -0.15) is 0 Å². The highest BCUT2D eigenvalue weighted by molar-refractivity contribution is 5.73. The summed E-state index contributed by atoms with van der Waals surface area (Å²) in [5.74, 6) is 0.273. The van der Waals surface area contributed by atoms with E-state index in [0.717, 1.165) is 32.1 Å². The average Bonchev–Trinajstić information content (AvgIpc) is 2.61. The van der Waals surface area contributed by atoms with E-state index < -0.39 is 6.10 Å². The Bertz CT molecular complexity index is 613. The number of aliphatic hydroxyl groups is 1. The van der Waals surface area contributed by atoms with Gasteiger partial charge < -0.3 is 20.6 Å². The molecule has 0 aliphatic heterocycles. The van der Waals surface area contributed by atoms with Crippen molar-refractivity contribution in [2.75, 3.05) is 20.6 Å². The molecule has 152 valence electrons. The molecule has 0 unspecified atom stereocenters. The van der Waals surface area contributed by atoms with E-state index in [4.69, 9.17) is 0 Å². The Kier molecular flexibility index (Phi) is 7.62. The average molecular weight is 380 g/mol.